The Hall–Kier alpha value is 1.19. The minimum absolute atomic E-state index is 0. The van der Waals surface area contributed by atoms with Crippen molar-refractivity contribution in [3.63, 3.8) is 0 Å². The molecule has 5 nitrogen and oxygen atoms in total. The first-order chi connectivity index (χ1) is 9.29. The van der Waals surface area contributed by atoms with Gasteiger partial charge in [-0.1, -0.05) is 58.3 Å². The van der Waals surface area contributed by atoms with Crippen LogP contribution in [0.25, 0.3) is 0 Å². The van der Waals surface area contributed by atoms with E-state index in [9.17, 15) is 5.21 Å². The van der Waals surface area contributed by atoms with E-state index in [0.717, 1.165) is 13.0 Å². The van der Waals surface area contributed by atoms with Crippen LogP contribution in [0.2, 0.25) is 0 Å². The second kappa shape index (κ2) is 22.2. The normalized spacial score (nSPS) is 9.82. The Balaban J connectivity index is -0.000000240. The van der Waals surface area contributed by atoms with E-state index < -0.39 is 6.16 Å². The molecule has 7 heteroatoms. The number of carbonyl (C=O) groups excluding carboxylic acids is 1. The van der Waals surface area contributed by atoms with Crippen LogP contribution in [0.15, 0.2) is 0 Å². The van der Waals surface area contributed by atoms with Crippen LogP contribution in [0, 0.1) is 5.21 Å². The molecule has 122 valence electrons. The van der Waals surface area contributed by atoms with Crippen molar-refractivity contribution in [1.82, 2.24) is 0 Å². The van der Waals surface area contributed by atoms with Crippen molar-refractivity contribution in [1.29, 1.82) is 0 Å². The number of carbonyl (C=O) groups is 1. The van der Waals surface area contributed by atoms with Gasteiger partial charge in [0.25, 0.3) is 0 Å². The summed E-state index contributed by atoms with van der Waals surface area (Å²) < 4.78 is -0.128. The molecule has 0 atom stereocenters. The Morgan fingerprint density at radius 2 is 1.05 bits per heavy atom. The molecule has 22 heavy (non-hydrogen) atoms. The van der Waals surface area contributed by atoms with E-state index in [0.29, 0.717) is 0 Å². The van der Waals surface area contributed by atoms with E-state index >= 15 is 0 Å². The summed E-state index contributed by atoms with van der Waals surface area (Å²) in [5.74, 6) is 0. The van der Waals surface area contributed by atoms with Crippen molar-refractivity contribution < 1.29 is 78.8 Å². The molecule has 0 spiro atoms. The van der Waals surface area contributed by atoms with Crippen LogP contribution in [-0.2, 0) is 0 Å². The first kappa shape index (κ1) is 31.0. The number of unbranched alkanes of at least 4 members (excludes halogenated alkanes) is 9. The Kier molecular flexibility index (Phi) is 31.3. The molecule has 0 aliphatic heterocycles. The number of hydrogen-bond donors (Lipinski definition) is 0. The maximum atomic E-state index is 11.3. The van der Waals surface area contributed by atoms with Crippen LogP contribution in [0.4, 0.5) is 4.79 Å². The van der Waals surface area contributed by atoms with Crippen molar-refractivity contribution in [3.8, 4) is 0 Å². The maximum Gasteiger partial charge on any atom is 1.00 e. The van der Waals surface area contributed by atoms with E-state index in [-0.39, 0.29) is 63.8 Å². The molecule has 0 heterocycles. The predicted octanol–water partition coefficient (Wildman–Crippen LogP) is -3.96. The molecule has 0 saturated carbocycles. The third kappa shape index (κ3) is 42.9. The smallest absolute Gasteiger partial charge is 0.652 e. The third-order valence-electron chi connectivity index (χ3n) is 3.05. The number of carboxylic acid groups (broad SMARTS) is 2. The molecule has 0 saturated heterocycles. The van der Waals surface area contributed by atoms with E-state index in [2.05, 4.69) is 6.92 Å². The van der Waals surface area contributed by atoms with Gasteiger partial charge in [-0.2, -0.15) is 0 Å². The molecule has 0 fully saturated rings. The topological polar surface area (TPSA) is 86.2 Å². The number of quaternary nitrogens is 1. The third-order valence-corrected chi connectivity index (χ3v) is 3.05. The van der Waals surface area contributed by atoms with Gasteiger partial charge in [-0.3, -0.25) is 0 Å². The van der Waals surface area contributed by atoms with Crippen molar-refractivity contribution in [3.05, 3.63) is 5.21 Å². The van der Waals surface area contributed by atoms with Crippen LogP contribution in [0.5, 0.6) is 0 Å². The van der Waals surface area contributed by atoms with Crippen LogP contribution >= 0.6 is 0 Å². The fraction of sp³-hybridized carbons (Fsp3) is 0.933. The van der Waals surface area contributed by atoms with E-state index in [1.807, 2.05) is 0 Å². The minimum Gasteiger partial charge on any atom is -0.652 e. The van der Waals surface area contributed by atoms with Gasteiger partial charge in [0.1, 0.15) is 0 Å². The summed E-state index contributed by atoms with van der Waals surface area (Å²) in [5, 5.41) is 27.9. The van der Waals surface area contributed by atoms with Crippen molar-refractivity contribution in [2.24, 2.45) is 0 Å². The van der Waals surface area contributed by atoms with Crippen molar-refractivity contribution in [2.45, 2.75) is 71.1 Å². The molecule has 0 N–H and O–H groups in total. The summed E-state index contributed by atoms with van der Waals surface area (Å²) in [6, 6.07) is 0. The van der Waals surface area contributed by atoms with Gasteiger partial charge in [0.05, 0.1) is 20.6 Å². The largest absolute Gasteiger partial charge is 1.00 e. The number of hydroxylamine groups is 3. The zero-order chi connectivity index (χ0) is 15.9. The average Bonchev–Trinajstić information content (AvgIpc) is 2.29. The van der Waals surface area contributed by atoms with Gasteiger partial charge in [0.15, 0.2) is 0 Å². The summed E-state index contributed by atoms with van der Waals surface area (Å²) in [6.45, 7) is 3.03. The Morgan fingerprint density at radius 1 is 0.773 bits per heavy atom. The summed E-state index contributed by atoms with van der Waals surface area (Å²) >= 11 is 0. The van der Waals surface area contributed by atoms with E-state index in [1.54, 1.807) is 14.1 Å². The molecule has 0 unspecified atom stereocenters. The van der Waals surface area contributed by atoms with E-state index in [4.69, 9.17) is 15.0 Å². The van der Waals surface area contributed by atoms with Gasteiger partial charge in [0, 0.05) is 0 Å². The molecular formula is C15H31NNa2O4. The van der Waals surface area contributed by atoms with Gasteiger partial charge in [-0.05, 0) is 19.0 Å². The SMILES string of the molecule is CCCCCCCCCCCC[N+](C)(C)[O-].O=C([O-])[O-].[Na+].[Na+]. The molecule has 0 radical (unpaired) electrons. The number of hydrogen-bond acceptors (Lipinski definition) is 4. The Bertz CT molecular complexity index is 220. The van der Waals surface area contributed by atoms with Crippen molar-refractivity contribution >= 4 is 6.16 Å². The van der Waals surface area contributed by atoms with Crippen molar-refractivity contribution in [2.75, 3.05) is 20.6 Å². The molecule has 0 aliphatic rings. The Morgan fingerprint density at radius 3 is 1.32 bits per heavy atom. The number of rotatable bonds is 11. The standard InChI is InChI=1S/C14H31NO.CH2O3.2Na/c1-4-5-6-7-8-9-10-11-12-13-14-15(2,3)16;2-1(3)4;;/h4-14H2,1-3H3;(H2,2,3,4);;/q;;2*+1/p-2. The molecule has 0 aromatic rings. The molecule has 0 aromatic carbocycles. The first-order valence-corrected chi connectivity index (χ1v) is 7.71. The fourth-order valence-electron chi connectivity index (χ4n) is 1.98. The molecule has 0 rings (SSSR count). The summed E-state index contributed by atoms with van der Waals surface area (Å²) in [5.41, 5.74) is 0. The fourth-order valence-corrected chi connectivity index (χ4v) is 1.98. The number of nitrogens with zero attached hydrogens (tertiary/aromatic N) is 1. The molecular weight excluding hydrogens is 304 g/mol. The zero-order valence-electron chi connectivity index (χ0n) is 15.4. The quantitative estimate of drug-likeness (QED) is 0.167. The first-order valence-electron chi connectivity index (χ1n) is 7.71. The van der Waals surface area contributed by atoms with Crippen LogP contribution in [0.3, 0.4) is 0 Å². The average molecular weight is 335 g/mol. The predicted molar refractivity (Wildman–Crippen MR) is 77.6 cm³/mol. The summed E-state index contributed by atoms with van der Waals surface area (Å²) in [4.78, 5) is 8.33. The van der Waals surface area contributed by atoms with Crippen LogP contribution in [0.1, 0.15) is 71.1 Å². The minimum atomic E-state index is -2.33. The van der Waals surface area contributed by atoms with Gasteiger partial charge in [-0.15, -0.1) is 0 Å². The molecule has 0 aromatic heterocycles. The summed E-state index contributed by atoms with van der Waals surface area (Å²) in [7, 11) is 3.46. The summed E-state index contributed by atoms with van der Waals surface area (Å²) in [6.07, 6.45) is 11.0. The van der Waals surface area contributed by atoms with Crippen LogP contribution in [-0.4, -0.2) is 31.4 Å². The molecule has 0 aliphatic carbocycles. The molecule has 0 bridgehead atoms. The van der Waals surface area contributed by atoms with Crippen LogP contribution < -0.4 is 69.3 Å². The van der Waals surface area contributed by atoms with E-state index in [1.165, 1.54) is 57.8 Å². The monoisotopic (exact) mass is 335 g/mol. The Labute approximate surface area is 180 Å². The maximum absolute atomic E-state index is 11.3. The van der Waals surface area contributed by atoms with Gasteiger partial charge < -0.3 is 24.9 Å². The second-order valence-electron chi connectivity index (χ2n) is 5.73. The van der Waals surface area contributed by atoms with Gasteiger partial charge in [-0.25, -0.2) is 0 Å². The zero-order valence-corrected chi connectivity index (χ0v) is 19.4. The second-order valence-corrected chi connectivity index (χ2v) is 5.73. The molecule has 0 amide bonds. The van der Waals surface area contributed by atoms with Gasteiger partial charge >= 0.3 is 59.1 Å². The van der Waals surface area contributed by atoms with Gasteiger partial charge in [0.2, 0.25) is 0 Å².